The number of benzene rings is 1. The van der Waals surface area contributed by atoms with Crippen LogP contribution in [0.3, 0.4) is 0 Å². The van der Waals surface area contributed by atoms with Gasteiger partial charge in [-0.3, -0.25) is 4.79 Å². The van der Waals surface area contributed by atoms with E-state index >= 15 is 0 Å². The molecule has 2 aromatic rings. The van der Waals surface area contributed by atoms with Crippen molar-refractivity contribution in [2.75, 3.05) is 11.9 Å². The molecule has 2 N–H and O–H groups in total. The van der Waals surface area contributed by atoms with Crippen LogP contribution in [0, 0.1) is 12.7 Å². The maximum atomic E-state index is 13.2. The molecule has 0 atom stereocenters. The second-order valence-corrected chi connectivity index (χ2v) is 7.70. The predicted molar refractivity (Wildman–Crippen MR) is 90.8 cm³/mol. The van der Waals surface area contributed by atoms with Crippen LogP contribution in [0.4, 0.5) is 23.2 Å². The molecule has 1 heterocycles. The summed E-state index contributed by atoms with van der Waals surface area (Å²) in [5.74, 6) is -1.44. The van der Waals surface area contributed by atoms with Crippen LogP contribution in [0.1, 0.15) is 16.2 Å². The molecule has 0 aliphatic rings. The molecule has 148 valence electrons. The molecule has 0 saturated carbocycles. The molecule has 0 bridgehead atoms. The van der Waals surface area contributed by atoms with Crippen LogP contribution < -0.4 is 10.0 Å². The van der Waals surface area contributed by atoms with E-state index in [-0.39, 0.29) is 22.1 Å². The number of carbonyl (C=O) groups excluding carboxylic acids is 1. The first-order valence-corrected chi connectivity index (χ1v) is 9.17. The van der Waals surface area contributed by atoms with E-state index in [0.717, 1.165) is 18.2 Å². The number of hydrogen-bond donors (Lipinski definition) is 2. The Bertz CT molecular complexity index is 987. The van der Waals surface area contributed by atoms with Gasteiger partial charge in [0, 0.05) is 18.4 Å². The molecule has 0 radical (unpaired) electrons. The highest BCUT2D eigenvalue weighted by Crippen LogP contribution is 2.23. The number of anilines is 1. The van der Waals surface area contributed by atoms with Crippen molar-refractivity contribution < 1.29 is 30.8 Å². The van der Waals surface area contributed by atoms with Gasteiger partial charge in [-0.1, -0.05) is 11.6 Å². The zero-order valence-electron chi connectivity index (χ0n) is 14.0. The van der Waals surface area contributed by atoms with Gasteiger partial charge in [0.2, 0.25) is 10.0 Å². The fourth-order valence-corrected chi connectivity index (χ4v) is 3.67. The van der Waals surface area contributed by atoms with E-state index in [1.807, 2.05) is 0 Å². The number of carbonyl (C=O) groups is 1. The van der Waals surface area contributed by atoms with Crippen molar-refractivity contribution in [3.8, 4) is 0 Å². The molecule has 12 heteroatoms. The number of aromatic nitrogens is 1. The van der Waals surface area contributed by atoms with Gasteiger partial charge >= 0.3 is 6.18 Å². The van der Waals surface area contributed by atoms with Gasteiger partial charge in [0.1, 0.15) is 23.0 Å². The lowest BCUT2D eigenvalue weighted by Crippen LogP contribution is -2.33. The third kappa shape index (κ3) is 4.99. The van der Waals surface area contributed by atoms with Crippen molar-refractivity contribution in [1.82, 2.24) is 9.29 Å². The number of nitrogens with one attached hydrogen (secondary N) is 2. The summed E-state index contributed by atoms with van der Waals surface area (Å²) < 4.78 is 76.9. The smallest absolute Gasteiger partial charge is 0.343 e. The number of hydrogen-bond acceptors (Lipinski definition) is 3. The normalized spacial score (nSPS) is 12.3. The van der Waals surface area contributed by atoms with Crippen LogP contribution in [-0.4, -0.2) is 31.6 Å². The minimum absolute atomic E-state index is 0.0620. The summed E-state index contributed by atoms with van der Waals surface area (Å²) in [6.07, 6.45) is -4.72. The third-order valence-corrected chi connectivity index (χ3v) is 5.46. The average molecular weight is 428 g/mol. The van der Waals surface area contributed by atoms with Crippen LogP contribution >= 0.6 is 11.6 Å². The number of amides is 1. The molecule has 6 nitrogen and oxygen atoms in total. The van der Waals surface area contributed by atoms with Gasteiger partial charge in [-0.2, -0.15) is 13.2 Å². The zero-order chi connectivity index (χ0) is 20.6. The van der Waals surface area contributed by atoms with Crippen molar-refractivity contribution in [2.24, 2.45) is 7.05 Å². The maximum absolute atomic E-state index is 13.2. The summed E-state index contributed by atoms with van der Waals surface area (Å²) in [6, 6.07) is 4.39. The standard InChI is InChI=1S/C15H14ClF4N3O3S/c1-8-13(27(25,26)21-7-15(18,19)20)6-12(23(8)2)14(24)22-9-3-4-11(17)10(16)5-9/h3-6,21H,7H2,1-2H3,(H,22,24). The van der Waals surface area contributed by atoms with Gasteiger partial charge in [-0.15, -0.1) is 0 Å². The summed E-state index contributed by atoms with van der Waals surface area (Å²) in [5, 5.41) is 2.18. The van der Waals surface area contributed by atoms with E-state index in [1.165, 1.54) is 29.3 Å². The number of halogens is 5. The Morgan fingerprint density at radius 3 is 2.44 bits per heavy atom. The third-order valence-electron chi connectivity index (χ3n) is 3.65. The Morgan fingerprint density at radius 2 is 1.89 bits per heavy atom. The molecule has 1 aromatic heterocycles. The Labute approximate surface area is 157 Å². The first-order chi connectivity index (χ1) is 12.3. The molecule has 0 fully saturated rings. The molecule has 1 amide bonds. The Hall–Kier alpha value is -2.11. The van der Waals surface area contributed by atoms with Crippen LogP contribution in [0.25, 0.3) is 0 Å². The quantitative estimate of drug-likeness (QED) is 0.719. The maximum Gasteiger partial charge on any atom is 0.402 e. The summed E-state index contributed by atoms with van der Waals surface area (Å²) >= 11 is 5.62. The second-order valence-electron chi connectivity index (χ2n) is 5.56. The highest BCUT2D eigenvalue weighted by Gasteiger charge is 2.32. The van der Waals surface area contributed by atoms with Gasteiger partial charge in [0.25, 0.3) is 5.91 Å². The van der Waals surface area contributed by atoms with E-state index in [9.17, 15) is 30.8 Å². The van der Waals surface area contributed by atoms with Crippen LogP contribution in [0.2, 0.25) is 5.02 Å². The van der Waals surface area contributed by atoms with Crippen molar-refractivity contribution >= 4 is 33.2 Å². The van der Waals surface area contributed by atoms with Crippen molar-refractivity contribution in [1.29, 1.82) is 0 Å². The molecular formula is C15H14ClF4N3O3S. The average Bonchev–Trinajstić information content (AvgIpc) is 2.85. The van der Waals surface area contributed by atoms with E-state index in [0.29, 0.717) is 0 Å². The van der Waals surface area contributed by atoms with Gasteiger partial charge in [0.05, 0.1) is 5.02 Å². The topological polar surface area (TPSA) is 80.2 Å². The SMILES string of the molecule is Cc1c(S(=O)(=O)NCC(F)(F)F)cc(C(=O)Nc2ccc(F)c(Cl)c2)n1C. The first kappa shape index (κ1) is 21.2. The largest absolute Gasteiger partial charge is 0.402 e. The zero-order valence-corrected chi connectivity index (χ0v) is 15.6. The Balaban J connectivity index is 2.30. The fraction of sp³-hybridized carbons (Fsp3) is 0.267. The minimum Gasteiger partial charge on any atom is -0.343 e. The summed E-state index contributed by atoms with van der Waals surface area (Å²) in [5.41, 5.74) is 0.0946. The monoisotopic (exact) mass is 427 g/mol. The second kappa shape index (κ2) is 7.49. The highest BCUT2D eigenvalue weighted by molar-refractivity contribution is 7.89. The molecule has 0 aliphatic carbocycles. The Kier molecular flexibility index (Phi) is 5.88. The van der Waals surface area contributed by atoms with Gasteiger partial charge < -0.3 is 9.88 Å². The number of rotatable bonds is 5. The lowest BCUT2D eigenvalue weighted by Gasteiger charge is -2.09. The van der Waals surface area contributed by atoms with Crippen molar-refractivity contribution in [2.45, 2.75) is 18.0 Å². The summed E-state index contributed by atoms with van der Waals surface area (Å²) in [7, 11) is -3.11. The van der Waals surface area contributed by atoms with E-state index < -0.39 is 39.4 Å². The highest BCUT2D eigenvalue weighted by atomic mass is 35.5. The first-order valence-electron chi connectivity index (χ1n) is 7.31. The van der Waals surface area contributed by atoms with Crippen molar-refractivity contribution in [3.63, 3.8) is 0 Å². The molecule has 0 spiro atoms. The molecule has 1 aromatic carbocycles. The summed E-state index contributed by atoms with van der Waals surface area (Å²) in [6.45, 7) is -0.396. The number of sulfonamides is 1. The summed E-state index contributed by atoms with van der Waals surface area (Å²) in [4.78, 5) is 11.9. The molecule has 0 unspecified atom stereocenters. The fourth-order valence-electron chi connectivity index (χ4n) is 2.18. The molecule has 2 rings (SSSR count). The minimum atomic E-state index is -4.72. The molecule has 27 heavy (non-hydrogen) atoms. The predicted octanol–water partition coefficient (Wildman–Crippen LogP) is 3.22. The van der Waals surface area contributed by atoms with Crippen LogP contribution in [0.5, 0.6) is 0 Å². The van der Waals surface area contributed by atoms with E-state index in [2.05, 4.69) is 5.32 Å². The van der Waals surface area contributed by atoms with Gasteiger partial charge in [0.15, 0.2) is 0 Å². The van der Waals surface area contributed by atoms with E-state index in [1.54, 1.807) is 0 Å². The van der Waals surface area contributed by atoms with Gasteiger partial charge in [-0.05, 0) is 31.2 Å². The molecule has 0 saturated heterocycles. The van der Waals surface area contributed by atoms with Gasteiger partial charge in [-0.25, -0.2) is 17.5 Å². The molecule has 0 aliphatic heterocycles. The van der Waals surface area contributed by atoms with Crippen LogP contribution in [-0.2, 0) is 17.1 Å². The molecular weight excluding hydrogens is 414 g/mol. The van der Waals surface area contributed by atoms with E-state index in [4.69, 9.17) is 11.6 Å². The lowest BCUT2D eigenvalue weighted by atomic mass is 10.3. The Morgan fingerprint density at radius 1 is 1.26 bits per heavy atom. The number of nitrogens with zero attached hydrogens (tertiary/aromatic N) is 1. The van der Waals surface area contributed by atoms with Crippen LogP contribution in [0.15, 0.2) is 29.2 Å². The lowest BCUT2D eigenvalue weighted by molar-refractivity contribution is -0.121. The number of alkyl halides is 3. The van der Waals surface area contributed by atoms with Crippen molar-refractivity contribution in [3.05, 3.63) is 46.5 Å².